The second kappa shape index (κ2) is 10.0. The lowest BCUT2D eigenvalue weighted by molar-refractivity contribution is -0.114. The molecule has 1 N–H and O–H groups in total. The molecule has 2 aromatic rings. The largest absolute Gasteiger partial charge is 0.490 e. The Balaban J connectivity index is 1.63. The smallest absolute Gasteiger partial charge is 0.283 e. The van der Waals surface area contributed by atoms with Gasteiger partial charge < -0.3 is 9.47 Å². The fourth-order valence-electron chi connectivity index (χ4n) is 3.27. The van der Waals surface area contributed by atoms with E-state index < -0.39 is 15.7 Å². The van der Waals surface area contributed by atoms with Crippen molar-refractivity contribution in [1.29, 1.82) is 5.41 Å². The Kier molecular flexibility index (Phi) is 7.03. The van der Waals surface area contributed by atoms with Crippen LogP contribution in [0.5, 0.6) is 11.5 Å². The van der Waals surface area contributed by atoms with E-state index in [0.717, 1.165) is 16.8 Å². The fourth-order valence-corrected chi connectivity index (χ4v) is 5.23. The highest BCUT2D eigenvalue weighted by molar-refractivity contribution is 8.16. The molecule has 2 heterocycles. The lowest BCUT2D eigenvalue weighted by Gasteiger charge is -2.24. The molecule has 0 unspecified atom stereocenters. The molecule has 4 rings (SSSR count). The van der Waals surface area contributed by atoms with Crippen molar-refractivity contribution in [3.05, 3.63) is 65.0 Å². The molecule has 0 fully saturated rings. The third kappa shape index (κ3) is 4.98. The van der Waals surface area contributed by atoms with Crippen molar-refractivity contribution in [1.82, 2.24) is 4.90 Å². The second-order valence-corrected chi connectivity index (χ2v) is 10.2. The van der Waals surface area contributed by atoms with Gasteiger partial charge in [-0.15, -0.1) is 0 Å². The number of fused-ring (bicyclic) bond motifs is 1. The van der Waals surface area contributed by atoms with Gasteiger partial charge in [0, 0.05) is 5.56 Å². The first-order valence-corrected chi connectivity index (χ1v) is 13.0. The first kappa shape index (κ1) is 24.6. The van der Waals surface area contributed by atoms with Crippen molar-refractivity contribution in [2.24, 2.45) is 9.39 Å². The van der Waals surface area contributed by atoms with E-state index in [1.54, 1.807) is 43.3 Å². The highest BCUT2D eigenvalue weighted by Crippen LogP contribution is 2.33. The Hall–Kier alpha value is -3.51. The van der Waals surface area contributed by atoms with Crippen LogP contribution in [0.15, 0.2) is 57.4 Å². The molecule has 1 amide bonds. The summed E-state index contributed by atoms with van der Waals surface area (Å²) in [5.41, 5.74) is 0.791. The minimum Gasteiger partial charge on any atom is -0.490 e. The molecule has 0 bridgehead atoms. The number of amides is 1. The van der Waals surface area contributed by atoms with Gasteiger partial charge in [0.1, 0.15) is 18.3 Å². The normalized spacial score (nSPS) is 16.8. The van der Waals surface area contributed by atoms with Gasteiger partial charge in [-0.3, -0.25) is 10.2 Å². The van der Waals surface area contributed by atoms with Gasteiger partial charge in [-0.25, -0.2) is 17.7 Å². The molecule has 0 saturated heterocycles. The number of hydrogen-bond donors (Lipinski definition) is 1. The molecule has 2 aromatic carbocycles. The van der Waals surface area contributed by atoms with E-state index in [0.29, 0.717) is 29.2 Å². The molecule has 0 atom stereocenters. The van der Waals surface area contributed by atoms with Crippen molar-refractivity contribution in [3.8, 4) is 11.5 Å². The molecule has 182 valence electrons. The number of carbonyl (C=O) groups is 1. The van der Waals surface area contributed by atoms with Gasteiger partial charge in [0.2, 0.25) is 20.2 Å². The molecule has 0 radical (unpaired) electrons. The van der Waals surface area contributed by atoms with Gasteiger partial charge in [0.25, 0.3) is 5.91 Å². The summed E-state index contributed by atoms with van der Waals surface area (Å²) < 4.78 is 54.0. The Morgan fingerprint density at radius 2 is 1.91 bits per heavy atom. The number of aliphatic imine (C=N–C) groups is 1. The Morgan fingerprint density at radius 3 is 2.63 bits per heavy atom. The zero-order valence-electron chi connectivity index (χ0n) is 18.8. The third-order valence-electron chi connectivity index (χ3n) is 5.07. The van der Waals surface area contributed by atoms with Gasteiger partial charge in [0.05, 0.1) is 29.9 Å². The molecule has 9 nitrogen and oxygen atoms in total. The van der Waals surface area contributed by atoms with Crippen LogP contribution in [0.2, 0.25) is 0 Å². The van der Waals surface area contributed by atoms with E-state index in [2.05, 4.69) is 9.39 Å². The maximum absolute atomic E-state index is 13.9. The van der Waals surface area contributed by atoms with E-state index in [9.17, 15) is 17.6 Å². The lowest BCUT2D eigenvalue weighted by Crippen LogP contribution is -2.45. The summed E-state index contributed by atoms with van der Waals surface area (Å²) in [6.07, 6.45) is 1.42. The Bertz CT molecular complexity index is 1400. The topological polar surface area (TPSA) is 121 Å². The molecule has 0 aliphatic carbocycles. The van der Waals surface area contributed by atoms with Crippen LogP contribution in [-0.4, -0.2) is 47.8 Å². The maximum atomic E-state index is 13.9. The van der Waals surface area contributed by atoms with E-state index in [1.165, 1.54) is 19.1 Å². The fraction of sp³-hybridized carbons (Fsp3) is 0.217. The van der Waals surface area contributed by atoms with Crippen molar-refractivity contribution >= 4 is 49.9 Å². The summed E-state index contributed by atoms with van der Waals surface area (Å²) in [5, 5.41) is 8.21. The van der Waals surface area contributed by atoms with E-state index in [1.807, 2.05) is 0 Å². The molecule has 35 heavy (non-hydrogen) atoms. The number of benzene rings is 2. The number of hydrogen-bond acceptors (Lipinski definition) is 8. The SMILES string of the molecule is CCOc1cc(/C=C2/C(=N)N3C(=NC2=O)SN=C3S(=O)(=O)CC)ccc1OCc1ccccc1F. The molecule has 0 aromatic heterocycles. The molecule has 0 spiro atoms. The maximum Gasteiger partial charge on any atom is 0.283 e. The van der Waals surface area contributed by atoms with Crippen LogP contribution < -0.4 is 9.47 Å². The summed E-state index contributed by atoms with van der Waals surface area (Å²) in [5.74, 6) is -0.862. The van der Waals surface area contributed by atoms with Gasteiger partial charge in [-0.2, -0.15) is 9.39 Å². The van der Waals surface area contributed by atoms with Crippen LogP contribution in [0.3, 0.4) is 0 Å². The lowest BCUT2D eigenvalue weighted by atomic mass is 10.1. The number of carbonyl (C=O) groups excluding carboxylic acids is 1. The monoisotopic (exact) mass is 516 g/mol. The average molecular weight is 517 g/mol. The van der Waals surface area contributed by atoms with Crippen molar-refractivity contribution in [3.63, 3.8) is 0 Å². The van der Waals surface area contributed by atoms with E-state index >= 15 is 0 Å². The summed E-state index contributed by atoms with van der Waals surface area (Å²) in [6, 6.07) is 11.1. The third-order valence-corrected chi connectivity index (χ3v) is 7.48. The molecule has 0 saturated carbocycles. The number of sulfone groups is 1. The van der Waals surface area contributed by atoms with Crippen LogP contribution in [0, 0.1) is 11.2 Å². The van der Waals surface area contributed by atoms with Crippen LogP contribution in [0.1, 0.15) is 25.0 Å². The number of nitrogens with one attached hydrogen (secondary N) is 1. The summed E-state index contributed by atoms with van der Waals surface area (Å²) in [6.45, 7) is 3.59. The van der Waals surface area contributed by atoms with Crippen molar-refractivity contribution < 1.29 is 27.1 Å². The van der Waals surface area contributed by atoms with Crippen LogP contribution >= 0.6 is 11.9 Å². The first-order valence-electron chi connectivity index (χ1n) is 10.6. The molecule has 12 heteroatoms. The number of nitrogens with zero attached hydrogens (tertiary/aromatic N) is 3. The number of halogens is 1. The highest BCUT2D eigenvalue weighted by Gasteiger charge is 2.42. The Morgan fingerprint density at radius 1 is 1.14 bits per heavy atom. The highest BCUT2D eigenvalue weighted by atomic mass is 32.2. The van der Waals surface area contributed by atoms with Crippen LogP contribution in [0.25, 0.3) is 6.08 Å². The molecule has 2 aliphatic heterocycles. The minimum atomic E-state index is -3.74. The zero-order chi connectivity index (χ0) is 25.2. The quantitative estimate of drug-likeness (QED) is 0.439. The summed E-state index contributed by atoms with van der Waals surface area (Å²) >= 11 is 0.741. The zero-order valence-corrected chi connectivity index (χ0v) is 20.5. The Labute approximate surface area is 205 Å². The van der Waals surface area contributed by atoms with E-state index in [-0.39, 0.29) is 39.9 Å². The summed E-state index contributed by atoms with van der Waals surface area (Å²) in [7, 11) is -3.74. The predicted octanol–water partition coefficient (Wildman–Crippen LogP) is 3.81. The number of amidine groups is 3. The summed E-state index contributed by atoms with van der Waals surface area (Å²) in [4.78, 5) is 17.6. The van der Waals surface area contributed by atoms with Crippen LogP contribution in [-0.2, 0) is 21.2 Å². The van der Waals surface area contributed by atoms with Crippen molar-refractivity contribution in [2.75, 3.05) is 12.4 Å². The van der Waals surface area contributed by atoms with Crippen molar-refractivity contribution in [2.45, 2.75) is 20.5 Å². The van der Waals surface area contributed by atoms with Gasteiger partial charge in [-0.05, 0) is 36.8 Å². The number of rotatable bonds is 7. The predicted molar refractivity (Wildman–Crippen MR) is 133 cm³/mol. The molecular weight excluding hydrogens is 495 g/mol. The van der Waals surface area contributed by atoms with Gasteiger partial charge in [0.15, 0.2) is 11.5 Å². The number of ether oxygens (including phenoxy) is 2. The average Bonchev–Trinajstić information content (AvgIpc) is 3.27. The second-order valence-electron chi connectivity index (χ2n) is 7.33. The molecular formula is C23H21FN4O5S2. The van der Waals surface area contributed by atoms with Gasteiger partial charge in [-0.1, -0.05) is 31.2 Å². The van der Waals surface area contributed by atoms with Gasteiger partial charge >= 0.3 is 0 Å². The first-order chi connectivity index (χ1) is 16.7. The van der Waals surface area contributed by atoms with E-state index in [4.69, 9.17) is 14.9 Å². The van der Waals surface area contributed by atoms with Crippen LogP contribution in [0.4, 0.5) is 4.39 Å². The minimum absolute atomic E-state index is 0.00551. The molecule has 2 aliphatic rings. The standard InChI is InChI=1S/C23H21FN4O5S2/c1-3-32-19-12-14(9-10-18(19)33-13-15-7-5-6-8-17(15)24)11-16-20(25)28-22(26-21(16)29)34-27-23(28)35(30,31)4-2/h5-12,25H,3-4,13H2,1-2H3/b16-11-,25-20?.